The molecule has 2 aliphatic heterocycles. The molecule has 0 spiro atoms. The molecule has 2 unspecified atom stereocenters. The van der Waals surface area contributed by atoms with Crippen molar-refractivity contribution >= 4 is 0 Å². The Balaban J connectivity index is 1.83. The third-order valence-electron chi connectivity index (χ3n) is 2.71. The molecule has 0 aromatic carbocycles. The van der Waals surface area contributed by atoms with E-state index >= 15 is 0 Å². The summed E-state index contributed by atoms with van der Waals surface area (Å²) in [5.74, 6) is 0. The van der Waals surface area contributed by atoms with Crippen LogP contribution in [0.5, 0.6) is 0 Å². The molecule has 2 heterocycles. The summed E-state index contributed by atoms with van der Waals surface area (Å²) < 4.78 is 5.57. The molecule has 12 heavy (non-hydrogen) atoms. The Bertz CT molecular complexity index is 126. The van der Waals surface area contributed by atoms with Crippen molar-refractivity contribution in [2.24, 2.45) is 0 Å². The van der Waals surface area contributed by atoms with Gasteiger partial charge in [0.25, 0.3) is 0 Å². The predicted octanol–water partition coefficient (Wildman–Crippen LogP) is 0.464. The predicted molar refractivity (Wildman–Crippen MR) is 48.0 cm³/mol. The minimum Gasteiger partial charge on any atom is -0.360 e. The lowest BCUT2D eigenvalue weighted by atomic mass is 10.1. The zero-order valence-corrected chi connectivity index (χ0v) is 7.51. The first-order valence-electron chi connectivity index (χ1n) is 5.05. The fourth-order valence-corrected chi connectivity index (χ4v) is 2.02. The average molecular weight is 170 g/mol. The second-order valence-electron chi connectivity index (χ2n) is 3.66. The lowest BCUT2D eigenvalue weighted by Gasteiger charge is -2.22. The molecule has 2 aliphatic rings. The maximum absolute atomic E-state index is 5.57. The normalized spacial score (nSPS) is 38.0. The van der Waals surface area contributed by atoms with Crippen molar-refractivity contribution in [2.75, 3.05) is 19.7 Å². The highest BCUT2D eigenvalue weighted by atomic mass is 16.5. The van der Waals surface area contributed by atoms with Gasteiger partial charge in [-0.3, -0.25) is 5.32 Å². The SMILES string of the molecule is C1CCNC(C2NCCO2)CC1. The molecule has 2 rings (SSSR count). The van der Waals surface area contributed by atoms with Crippen LogP contribution < -0.4 is 10.6 Å². The second-order valence-corrected chi connectivity index (χ2v) is 3.66. The van der Waals surface area contributed by atoms with Gasteiger partial charge in [-0.05, 0) is 19.4 Å². The van der Waals surface area contributed by atoms with Crippen molar-refractivity contribution < 1.29 is 4.74 Å². The Morgan fingerprint density at radius 2 is 2.00 bits per heavy atom. The van der Waals surface area contributed by atoms with E-state index in [9.17, 15) is 0 Å². The number of rotatable bonds is 1. The van der Waals surface area contributed by atoms with Gasteiger partial charge in [0, 0.05) is 12.6 Å². The van der Waals surface area contributed by atoms with E-state index in [0.717, 1.165) is 19.7 Å². The summed E-state index contributed by atoms with van der Waals surface area (Å²) in [4.78, 5) is 0. The van der Waals surface area contributed by atoms with Crippen molar-refractivity contribution in [3.8, 4) is 0 Å². The van der Waals surface area contributed by atoms with E-state index in [0.29, 0.717) is 6.04 Å². The van der Waals surface area contributed by atoms with Crippen LogP contribution in [0.3, 0.4) is 0 Å². The lowest BCUT2D eigenvalue weighted by Crippen LogP contribution is -2.45. The second kappa shape index (κ2) is 4.21. The first kappa shape index (κ1) is 8.48. The molecule has 2 atom stereocenters. The van der Waals surface area contributed by atoms with Crippen LogP contribution in [0, 0.1) is 0 Å². The zero-order chi connectivity index (χ0) is 8.23. The largest absolute Gasteiger partial charge is 0.360 e. The number of hydrogen-bond acceptors (Lipinski definition) is 3. The molecular formula is C9H18N2O. The summed E-state index contributed by atoms with van der Waals surface area (Å²) >= 11 is 0. The molecule has 0 aromatic rings. The third kappa shape index (κ3) is 1.97. The lowest BCUT2D eigenvalue weighted by molar-refractivity contribution is 0.0667. The molecule has 70 valence electrons. The summed E-state index contributed by atoms with van der Waals surface area (Å²) in [5, 5.41) is 6.91. The maximum Gasteiger partial charge on any atom is 0.123 e. The Hall–Kier alpha value is -0.120. The topological polar surface area (TPSA) is 33.3 Å². The molecular weight excluding hydrogens is 152 g/mol. The van der Waals surface area contributed by atoms with Crippen LogP contribution in [-0.2, 0) is 4.74 Å². The van der Waals surface area contributed by atoms with Crippen molar-refractivity contribution in [1.82, 2.24) is 10.6 Å². The van der Waals surface area contributed by atoms with E-state index in [1.807, 2.05) is 0 Å². The molecule has 0 saturated carbocycles. The standard InChI is InChI=1S/C9H18N2O/c1-2-4-8(10-5-3-1)9-11-6-7-12-9/h8-11H,1-7H2. The molecule has 0 aromatic heterocycles. The first-order valence-corrected chi connectivity index (χ1v) is 5.05. The van der Waals surface area contributed by atoms with E-state index in [1.165, 1.54) is 25.7 Å². The van der Waals surface area contributed by atoms with Gasteiger partial charge in [0.05, 0.1) is 6.61 Å². The van der Waals surface area contributed by atoms with Crippen molar-refractivity contribution in [2.45, 2.75) is 38.0 Å². The van der Waals surface area contributed by atoms with E-state index < -0.39 is 0 Å². The number of hydrogen-bond donors (Lipinski definition) is 2. The van der Waals surface area contributed by atoms with Crippen LogP contribution in [0.15, 0.2) is 0 Å². The summed E-state index contributed by atoms with van der Waals surface area (Å²) in [6, 6.07) is 0.551. The maximum atomic E-state index is 5.57. The minimum atomic E-state index is 0.281. The van der Waals surface area contributed by atoms with Gasteiger partial charge in [-0.15, -0.1) is 0 Å². The van der Waals surface area contributed by atoms with E-state index in [2.05, 4.69) is 10.6 Å². The van der Waals surface area contributed by atoms with Gasteiger partial charge in [0.1, 0.15) is 6.23 Å². The molecule has 0 bridgehead atoms. The van der Waals surface area contributed by atoms with Crippen LogP contribution in [-0.4, -0.2) is 32.0 Å². The number of nitrogens with one attached hydrogen (secondary N) is 2. The fraction of sp³-hybridized carbons (Fsp3) is 1.00. The summed E-state index contributed by atoms with van der Waals surface area (Å²) in [6.45, 7) is 3.05. The average Bonchev–Trinajstić information content (AvgIpc) is 2.48. The summed E-state index contributed by atoms with van der Waals surface area (Å²) in [7, 11) is 0. The highest BCUT2D eigenvalue weighted by Gasteiger charge is 2.25. The van der Waals surface area contributed by atoms with Gasteiger partial charge < -0.3 is 10.1 Å². The van der Waals surface area contributed by atoms with E-state index in [-0.39, 0.29) is 6.23 Å². The summed E-state index contributed by atoms with van der Waals surface area (Å²) in [6.07, 6.45) is 5.58. The highest BCUT2D eigenvalue weighted by molar-refractivity contribution is 4.80. The van der Waals surface area contributed by atoms with E-state index in [4.69, 9.17) is 4.74 Å². The van der Waals surface area contributed by atoms with Crippen LogP contribution in [0.25, 0.3) is 0 Å². The Labute approximate surface area is 73.9 Å². The Kier molecular flexibility index (Phi) is 2.98. The third-order valence-corrected chi connectivity index (χ3v) is 2.71. The molecule has 3 nitrogen and oxygen atoms in total. The molecule has 0 radical (unpaired) electrons. The van der Waals surface area contributed by atoms with Crippen LogP contribution >= 0.6 is 0 Å². The van der Waals surface area contributed by atoms with Crippen LogP contribution in [0.2, 0.25) is 0 Å². The van der Waals surface area contributed by atoms with Crippen molar-refractivity contribution in [3.63, 3.8) is 0 Å². The molecule has 2 fully saturated rings. The van der Waals surface area contributed by atoms with Crippen molar-refractivity contribution in [1.29, 1.82) is 0 Å². The van der Waals surface area contributed by atoms with Gasteiger partial charge in [-0.25, -0.2) is 0 Å². The molecule has 3 heteroatoms. The molecule has 2 N–H and O–H groups in total. The highest BCUT2D eigenvalue weighted by Crippen LogP contribution is 2.13. The van der Waals surface area contributed by atoms with Gasteiger partial charge in [0.15, 0.2) is 0 Å². The quantitative estimate of drug-likeness (QED) is 0.600. The molecule has 0 amide bonds. The first-order chi connectivity index (χ1) is 5.97. The fourth-order valence-electron chi connectivity index (χ4n) is 2.02. The van der Waals surface area contributed by atoms with Gasteiger partial charge in [0.2, 0.25) is 0 Å². The molecule has 2 saturated heterocycles. The monoisotopic (exact) mass is 170 g/mol. The van der Waals surface area contributed by atoms with E-state index in [1.54, 1.807) is 0 Å². The van der Waals surface area contributed by atoms with Crippen LogP contribution in [0.1, 0.15) is 25.7 Å². The minimum absolute atomic E-state index is 0.281. The van der Waals surface area contributed by atoms with Gasteiger partial charge >= 0.3 is 0 Å². The Morgan fingerprint density at radius 1 is 1.00 bits per heavy atom. The van der Waals surface area contributed by atoms with Gasteiger partial charge in [-0.1, -0.05) is 12.8 Å². The van der Waals surface area contributed by atoms with Crippen LogP contribution in [0.4, 0.5) is 0 Å². The smallest absolute Gasteiger partial charge is 0.123 e. The van der Waals surface area contributed by atoms with Gasteiger partial charge in [-0.2, -0.15) is 0 Å². The summed E-state index contributed by atoms with van der Waals surface area (Å²) in [5.41, 5.74) is 0. The number of ether oxygens (including phenoxy) is 1. The Morgan fingerprint density at radius 3 is 2.83 bits per heavy atom. The zero-order valence-electron chi connectivity index (χ0n) is 7.51. The molecule has 0 aliphatic carbocycles. The van der Waals surface area contributed by atoms with Crippen molar-refractivity contribution in [3.05, 3.63) is 0 Å².